The third-order valence-electron chi connectivity index (χ3n) is 4.02. The van der Waals surface area contributed by atoms with Crippen LogP contribution < -0.4 is 4.90 Å². The van der Waals surface area contributed by atoms with Crippen molar-refractivity contribution in [1.29, 1.82) is 0 Å². The maximum atomic E-state index is 13.5. The van der Waals surface area contributed by atoms with E-state index in [9.17, 15) is 9.18 Å². The molecule has 0 bridgehead atoms. The fourth-order valence-electron chi connectivity index (χ4n) is 2.78. The van der Waals surface area contributed by atoms with Crippen molar-refractivity contribution in [2.24, 2.45) is 7.05 Å². The topological polar surface area (TPSA) is 54.3 Å². The molecule has 0 radical (unpaired) electrons. The highest BCUT2D eigenvalue weighted by Crippen LogP contribution is 2.30. The van der Waals surface area contributed by atoms with Crippen LogP contribution >= 0.6 is 23.7 Å². The van der Waals surface area contributed by atoms with Gasteiger partial charge in [0.05, 0.1) is 15.9 Å². The summed E-state index contributed by atoms with van der Waals surface area (Å²) in [4.78, 5) is 21.4. The molecule has 0 aliphatic rings. The second-order valence-electron chi connectivity index (χ2n) is 6.52. The number of nitrogens with zero attached hydrogens (tertiary/aromatic N) is 5. The van der Waals surface area contributed by atoms with Gasteiger partial charge < -0.3 is 4.90 Å². The maximum Gasteiger partial charge on any atom is 0.278 e. The summed E-state index contributed by atoms with van der Waals surface area (Å²) in [6.45, 7) is 3.24. The van der Waals surface area contributed by atoms with E-state index in [4.69, 9.17) is 0 Å². The molecule has 0 unspecified atom stereocenters. The minimum atomic E-state index is -0.305. The highest BCUT2D eigenvalue weighted by molar-refractivity contribution is 7.22. The van der Waals surface area contributed by atoms with Gasteiger partial charge in [-0.05, 0) is 58.3 Å². The number of anilines is 1. The molecule has 3 aromatic rings. The summed E-state index contributed by atoms with van der Waals surface area (Å²) in [5.41, 5.74) is 1.99. The van der Waals surface area contributed by atoms with Crippen molar-refractivity contribution in [3.63, 3.8) is 0 Å². The Bertz CT molecular complexity index is 939. The average molecular weight is 412 g/mol. The maximum absolute atomic E-state index is 13.5. The molecule has 0 saturated heterocycles. The Labute approximate surface area is 168 Å². The molecule has 6 nitrogen and oxygen atoms in total. The van der Waals surface area contributed by atoms with E-state index in [2.05, 4.69) is 15.0 Å². The van der Waals surface area contributed by atoms with Crippen LogP contribution in [0.25, 0.3) is 10.2 Å². The van der Waals surface area contributed by atoms with Gasteiger partial charge >= 0.3 is 0 Å². The Morgan fingerprint density at radius 3 is 2.63 bits per heavy atom. The van der Waals surface area contributed by atoms with Crippen molar-refractivity contribution in [2.45, 2.75) is 13.3 Å². The first-order valence-electron chi connectivity index (χ1n) is 8.38. The molecule has 0 aliphatic carbocycles. The molecule has 1 aromatic carbocycles. The van der Waals surface area contributed by atoms with E-state index in [1.807, 2.05) is 21.0 Å². The Morgan fingerprint density at radius 2 is 2.00 bits per heavy atom. The number of carbonyl (C=O) groups is 1. The Balaban J connectivity index is 0.00000261. The number of benzene rings is 1. The molecular formula is C18H23ClFN5OS. The Kier molecular flexibility index (Phi) is 6.91. The number of rotatable bonds is 6. The number of aryl methyl sites for hydroxylation is 2. The summed E-state index contributed by atoms with van der Waals surface area (Å²) in [5.74, 6) is -0.452. The van der Waals surface area contributed by atoms with Gasteiger partial charge in [-0.1, -0.05) is 11.3 Å². The van der Waals surface area contributed by atoms with Crippen molar-refractivity contribution in [2.75, 3.05) is 32.1 Å². The van der Waals surface area contributed by atoms with Crippen LogP contribution in [-0.4, -0.2) is 52.8 Å². The first kappa shape index (κ1) is 21.3. The molecule has 0 fully saturated rings. The zero-order chi connectivity index (χ0) is 18.8. The lowest BCUT2D eigenvalue weighted by Crippen LogP contribution is -2.34. The normalized spacial score (nSPS) is 11.0. The standard InChI is InChI=1S/C18H22FN5OS.ClH/c1-12-10-15(23(4)21-12)17(25)24(9-5-8-22(2)3)18-20-14-7-6-13(19)11-16(14)26-18;/h6-7,10-11H,5,8-9H2,1-4H3;1H. The number of carbonyl (C=O) groups excluding carboxylic acids is 1. The van der Waals surface area contributed by atoms with Crippen LogP contribution in [0.3, 0.4) is 0 Å². The predicted molar refractivity (Wildman–Crippen MR) is 110 cm³/mol. The van der Waals surface area contributed by atoms with E-state index in [1.54, 1.807) is 28.8 Å². The molecular weight excluding hydrogens is 389 g/mol. The summed E-state index contributed by atoms with van der Waals surface area (Å²) >= 11 is 1.32. The van der Waals surface area contributed by atoms with E-state index in [-0.39, 0.29) is 24.1 Å². The summed E-state index contributed by atoms with van der Waals surface area (Å²) in [5, 5.41) is 4.84. The van der Waals surface area contributed by atoms with Gasteiger partial charge in [-0.3, -0.25) is 14.4 Å². The molecule has 0 N–H and O–H groups in total. The zero-order valence-corrected chi connectivity index (χ0v) is 17.4. The molecule has 2 heterocycles. The first-order valence-corrected chi connectivity index (χ1v) is 9.20. The second-order valence-corrected chi connectivity index (χ2v) is 7.53. The number of fused-ring (bicyclic) bond motifs is 1. The molecule has 3 rings (SSSR count). The van der Waals surface area contributed by atoms with Crippen LogP contribution in [-0.2, 0) is 7.05 Å². The van der Waals surface area contributed by atoms with Crippen molar-refractivity contribution in [3.05, 3.63) is 41.5 Å². The van der Waals surface area contributed by atoms with Gasteiger partial charge in [0.1, 0.15) is 11.5 Å². The average Bonchev–Trinajstić information content (AvgIpc) is 3.12. The lowest BCUT2D eigenvalue weighted by atomic mass is 10.3. The van der Waals surface area contributed by atoms with Crippen LogP contribution in [0.5, 0.6) is 0 Å². The molecule has 1 amide bonds. The number of aromatic nitrogens is 3. The van der Waals surface area contributed by atoms with Crippen LogP contribution in [0.15, 0.2) is 24.3 Å². The van der Waals surface area contributed by atoms with Crippen molar-refractivity contribution in [3.8, 4) is 0 Å². The molecule has 146 valence electrons. The predicted octanol–water partition coefficient (Wildman–Crippen LogP) is 3.50. The lowest BCUT2D eigenvalue weighted by Gasteiger charge is -2.20. The summed E-state index contributed by atoms with van der Waals surface area (Å²) in [6.07, 6.45) is 0.805. The number of hydrogen-bond donors (Lipinski definition) is 0. The van der Waals surface area contributed by atoms with Crippen molar-refractivity contribution < 1.29 is 9.18 Å². The number of hydrogen-bond acceptors (Lipinski definition) is 5. The van der Waals surface area contributed by atoms with Gasteiger partial charge in [0, 0.05) is 13.6 Å². The van der Waals surface area contributed by atoms with Gasteiger partial charge in [0.25, 0.3) is 5.91 Å². The third kappa shape index (κ3) is 4.82. The molecule has 27 heavy (non-hydrogen) atoms. The number of halogens is 2. The molecule has 0 atom stereocenters. The fourth-order valence-corrected chi connectivity index (χ4v) is 3.79. The van der Waals surface area contributed by atoms with E-state index in [0.717, 1.165) is 23.4 Å². The molecule has 0 aliphatic heterocycles. The van der Waals surface area contributed by atoms with E-state index in [1.165, 1.54) is 23.5 Å². The van der Waals surface area contributed by atoms with Gasteiger partial charge in [-0.15, -0.1) is 12.4 Å². The molecule has 9 heteroatoms. The van der Waals surface area contributed by atoms with Gasteiger partial charge in [0.2, 0.25) is 0 Å². The van der Waals surface area contributed by atoms with E-state index < -0.39 is 0 Å². The number of thiazole rings is 1. The third-order valence-corrected chi connectivity index (χ3v) is 5.06. The monoisotopic (exact) mass is 411 g/mol. The van der Waals surface area contributed by atoms with Crippen LogP contribution in [0.2, 0.25) is 0 Å². The largest absolute Gasteiger partial charge is 0.309 e. The second kappa shape index (κ2) is 8.77. The first-order chi connectivity index (χ1) is 12.3. The van der Waals surface area contributed by atoms with E-state index >= 15 is 0 Å². The minimum absolute atomic E-state index is 0. The van der Waals surface area contributed by atoms with Crippen LogP contribution in [0, 0.1) is 12.7 Å². The van der Waals surface area contributed by atoms with Gasteiger partial charge in [0.15, 0.2) is 5.13 Å². The van der Waals surface area contributed by atoms with E-state index in [0.29, 0.717) is 22.9 Å². The quantitative estimate of drug-likeness (QED) is 0.623. The lowest BCUT2D eigenvalue weighted by molar-refractivity contribution is 0.0977. The summed E-state index contributed by atoms with van der Waals surface area (Å²) < 4.78 is 15.8. The zero-order valence-electron chi connectivity index (χ0n) is 15.8. The highest BCUT2D eigenvalue weighted by Gasteiger charge is 2.24. The molecule has 0 spiro atoms. The van der Waals surface area contributed by atoms with Crippen molar-refractivity contribution in [1.82, 2.24) is 19.7 Å². The van der Waals surface area contributed by atoms with Crippen LogP contribution in [0.1, 0.15) is 22.6 Å². The summed E-state index contributed by atoms with van der Waals surface area (Å²) in [6, 6.07) is 6.25. The highest BCUT2D eigenvalue weighted by atomic mass is 35.5. The smallest absolute Gasteiger partial charge is 0.278 e. The van der Waals surface area contributed by atoms with Gasteiger partial charge in [-0.2, -0.15) is 5.10 Å². The Morgan fingerprint density at radius 1 is 1.26 bits per heavy atom. The molecule has 2 aromatic heterocycles. The molecule has 0 saturated carbocycles. The minimum Gasteiger partial charge on any atom is -0.309 e. The Hall–Kier alpha value is -2.03. The van der Waals surface area contributed by atoms with Crippen LogP contribution in [0.4, 0.5) is 9.52 Å². The summed E-state index contributed by atoms with van der Waals surface area (Å²) in [7, 11) is 5.75. The van der Waals surface area contributed by atoms with Crippen molar-refractivity contribution >= 4 is 45.0 Å². The van der Waals surface area contributed by atoms with Gasteiger partial charge in [-0.25, -0.2) is 9.37 Å². The number of amides is 1. The SMILES string of the molecule is Cc1cc(C(=O)N(CCCN(C)C)c2nc3ccc(F)cc3s2)n(C)n1.Cl. The fraction of sp³-hybridized carbons (Fsp3) is 0.389.